The Balaban J connectivity index is 1.57. The number of anilines is 1. The molecule has 0 aliphatic carbocycles. The quantitative estimate of drug-likeness (QED) is 0.248. The van der Waals surface area contributed by atoms with Crippen LogP contribution in [0.25, 0.3) is 10.9 Å². The van der Waals surface area contributed by atoms with E-state index in [1.54, 1.807) is 37.4 Å². The number of amides is 1. The van der Waals surface area contributed by atoms with E-state index in [9.17, 15) is 9.59 Å². The lowest BCUT2D eigenvalue weighted by Crippen LogP contribution is -2.21. The predicted octanol–water partition coefficient (Wildman–Crippen LogP) is 5.84. The number of rotatable bonds is 8. The number of halogens is 2. The molecule has 0 atom stereocenters. The smallest absolute Gasteiger partial charge is 0.282 e. The van der Waals surface area contributed by atoms with Crippen molar-refractivity contribution in [3.8, 4) is 11.5 Å². The van der Waals surface area contributed by atoms with Gasteiger partial charge in [0.25, 0.3) is 11.5 Å². The molecular formula is C27H24Br2N4O4. The number of nitrogens with zero attached hydrogens (tertiary/aromatic N) is 3. The molecule has 190 valence electrons. The van der Waals surface area contributed by atoms with Crippen molar-refractivity contribution in [1.82, 2.24) is 9.66 Å². The first-order valence-electron chi connectivity index (χ1n) is 11.4. The van der Waals surface area contributed by atoms with Gasteiger partial charge in [-0.05, 0) is 78.7 Å². The number of nitrogens with one attached hydrogen (secondary N) is 1. The topological polar surface area (TPSA) is 94.8 Å². The molecule has 10 heteroatoms. The molecule has 0 aliphatic heterocycles. The lowest BCUT2D eigenvalue weighted by molar-refractivity contribution is -0.118. The third kappa shape index (κ3) is 6.26. The summed E-state index contributed by atoms with van der Waals surface area (Å²) in [5, 5.41) is 7.69. The van der Waals surface area contributed by atoms with Crippen LogP contribution in [0.1, 0.15) is 23.9 Å². The molecule has 0 radical (unpaired) electrons. The monoisotopic (exact) mass is 626 g/mol. The van der Waals surface area contributed by atoms with Crippen molar-refractivity contribution in [3.63, 3.8) is 0 Å². The summed E-state index contributed by atoms with van der Waals surface area (Å²) in [5.41, 5.74) is 2.67. The van der Waals surface area contributed by atoms with Crippen LogP contribution >= 0.6 is 31.9 Å². The molecule has 3 aromatic carbocycles. The van der Waals surface area contributed by atoms with Crippen LogP contribution in [0.5, 0.6) is 11.5 Å². The third-order valence-electron chi connectivity index (χ3n) is 5.42. The van der Waals surface area contributed by atoms with Gasteiger partial charge in [0.15, 0.2) is 18.1 Å². The number of fused-ring (bicyclic) bond motifs is 1. The molecule has 0 fully saturated rings. The molecule has 37 heavy (non-hydrogen) atoms. The largest absolute Gasteiger partial charge is 0.490 e. The lowest BCUT2D eigenvalue weighted by Gasteiger charge is -2.14. The van der Waals surface area contributed by atoms with Crippen LogP contribution in [0.15, 0.2) is 73.4 Å². The van der Waals surface area contributed by atoms with Crippen LogP contribution in [0.4, 0.5) is 5.69 Å². The Morgan fingerprint density at radius 1 is 1.08 bits per heavy atom. The highest BCUT2D eigenvalue weighted by molar-refractivity contribution is 9.10. The molecule has 4 rings (SSSR count). The summed E-state index contributed by atoms with van der Waals surface area (Å²) in [7, 11) is 0. The van der Waals surface area contributed by atoms with E-state index >= 15 is 0 Å². The third-order valence-corrected chi connectivity index (χ3v) is 6.60. The van der Waals surface area contributed by atoms with E-state index < -0.39 is 0 Å². The Kier molecular flexibility index (Phi) is 8.40. The minimum absolute atomic E-state index is 0.193. The summed E-state index contributed by atoms with van der Waals surface area (Å²) in [5.74, 6) is 1.01. The molecule has 1 N–H and O–H groups in total. The zero-order valence-electron chi connectivity index (χ0n) is 20.4. The normalized spacial score (nSPS) is 11.2. The molecule has 1 heterocycles. The minimum atomic E-state index is -0.288. The van der Waals surface area contributed by atoms with Gasteiger partial charge in [-0.15, -0.1) is 0 Å². The van der Waals surface area contributed by atoms with Crippen molar-refractivity contribution in [2.24, 2.45) is 5.10 Å². The first-order valence-corrected chi connectivity index (χ1v) is 13.0. The van der Waals surface area contributed by atoms with E-state index in [2.05, 4.69) is 47.3 Å². The number of ether oxygens (including phenoxy) is 2. The molecule has 0 saturated heterocycles. The fourth-order valence-corrected chi connectivity index (χ4v) is 4.38. The van der Waals surface area contributed by atoms with Crippen LogP contribution in [-0.4, -0.2) is 35.0 Å². The highest BCUT2D eigenvalue weighted by Crippen LogP contribution is 2.33. The standard InChI is InChI=1S/C27H24Br2N4O4/c1-4-36-24-11-18(14-30-33-17(3)31-23-10-9-19(28)12-20(23)27(33)35)21(29)13-25(24)37-15-26(34)32-22-8-6-5-7-16(22)2/h5-14H,4,15H2,1-3H3,(H,32,34). The number of hydrogen-bond donors (Lipinski definition) is 1. The van der Waals surface area contributed by atoms with Gasteiger partial charge in [0.1, 0.15) is 5.82 Å². The van der Waals surface area contributed by atoms with E-state index in [0.717, 1.165) is 15.7 Å². The first-order chi connectivity index (χ1) is 17.8. The minimum Gasteiger partial charge on any atom is -0.490 e. The maximum atomic E-state index is 13.0. The number of carbonyl (C=O) groups excluding carboxylic acids is 1. The Bertz CT molecular complexity index is 1570. The van der Waals surface area contributed by atoms with Crippen molar-refractivity contribution in [2.45, 2.75) is 20.8 Å². The number of para-hydroxylation sites is 1. The van der Waals surface area contributed by atoms with Crippen LogP contribution in [0.3, 0.4) is 0 Å². The van der Waals surface area contributed by atoms with Crippen molar-refractivity contribution in [2.75, 3.05) is 18.5 Å². The summed E-state index contributed by atoms with van der Waals surface area (Å²) in [4.78, 5) is 30.0. The molecule has 1 amide bonds. The van der Waals surface area contributed by atoms with Crippen LogP contribution in [0, 0.1) is 13.8 Å². The maximum absolute atomic E-state index is 13.0. The highest BCUT2D eigenvalue weighted by Gasteiger charge is 2.14. The average molecular weight is 628 g/mol. The lowest BCUT2D eigenvalue weighted by atomic mass is 10.2. The van der Waals surface area contributed by atoms with Gasteiger partial charge in [0.2, 0.25) is 0 Å². The number of carbonyl (C=O) groups is 1. The summed E-state index contributed by atoms with van der Waals surface area (Å²) in [6, 6.07) is 16.3. The molecule has 4 aromatic rings. The van der Waals surface area contributed by atoms with E-state index in [4.69, 9.17) is 9.47 Å². The van der Waals surface area contributed by atoms with E-state index in [-0.39, 0.29) is 18.1 Å². The van der Waals surface area contributed by atoms with Crippen LogP contribution < -0.4 is 20.3 Å². The van der Waals surface area contributed by atoms with Crippen molar-refractivity contribution < 1.29 is 14.3 Å². The van der Waals surface area contributed by atoms with Gasteiger partial charge >= 0.3 is 0 Å². The highest BCUT2D eigenvalue weighted by atomic mass is 79.9. The zero-order chi connectivity index (χ0) is 26.5. The molecule has 8 nitrogen and oxygen atoms in total. The van der Waals surface area contributed by atoms with Gasteiger partial charge in [-0.3, -0.25) is 9.59 Å². The summed E-state index contributed by atoms with van der Waals surface area (Å²) in [6.45, 7) is 5.70. The Labute approximate surface area is 230 Å². The van der Waals surface area contributed by atoms with Crippen LogP contribution in [0.2, 0.25) is 0 Å². The zero-order valence-corrected chi connectivity index (χ0v) is 23.6. The molecule has 0 bridgehead atoms. The van der Waals surface area contributed by atoms with Gasteiger partial charge in [-0.1, -0.05) is 34.1 Å². The Morgan fingerprint density at radius 3 is 2.59 bits per heavy atom. The fraction of sp³-hybridized carbons (Fsp3) is 0.185. The average Bonchev–Trinajstić information content (AvgIpc) is 2.86. The van der Waals surface area contributed by atoms with Crippen molar-refractivity contribution in [1.29, 1.82) is 0 Å². The van der Waals surface area contributed by atoms with Gasteiger partial charge in [-0.2, -0.15) is 9.78 Å². The second-order valence-corrected chi connectivity index (χ2v) is 9.86. The van der Waals surface area contributed by atoms with Gasteiger partial charge in [0.05, 0.1) is 23.7 Å². The molecule has 1 aromatic heterocycles. The number of benzene rings is 3. The second kappa shape index (κ2) is 11.7. The molecular weight excluding hydrogens is 604 g/mol. The van der Waals surface area contributed by atoms with E-state index in [1.807, 2.05) is 44.2 Å². The molecule has 0 unspecified atom stereocenters. The molecule has 0 saturated carbocycles. The van der Waals surface area contributed by atoms with Gasteiger partial charge in [0, 0.05) is 20.2 Å². The maximum Gasteiger partial charge on any atom is 0.282 e. The SMILES string of the molecule is CCOc1cc(C=Nn2c(C)nc3ccc(Br)cc3c2=O)c(Br)cc1OCC(=O)Nc1ccccc1C. The number of hydrogen-bond acceptors (Lipinski definition) is 6. The van der Waals surface area contributed by atoms with Crippen molar-refractivity contribution >= 4 is 60.6 Å². The summed E-state index contributed by atoms with van der Waals surface area (Å²) < 4.78 is 14.2. The molecule has 0 spiro atoms. The summed E-state index contributed by atoms with van der Waals surface area (Å²) in [6.07, 6.45) is 1.54. The first kappa shape index (κ1) is 26.6. The van der Waals surface area contributed by atoms with Gasteiger partial charge in [-0.25, -0.2) is 4.98 Å². The van der Waals surface area contributed by atoms with E-state index in [0.29, 0.717) is 44.9 Å². The van der Waals surface area contributed by atoms with E-state index in [1.165, 1.54) is 4.68 Å². The molecule has 0 aliphatic rings. The Morgan fingerprint density at radius 2 is 1.84 bits per heavy atom. The fourth-order valence-electron chi connectivity index (χ4n) is 3.59. The van der Waals surface area contributed by atoms with Gasteiger partial charge < -0.3 is 14.8 Å². The van der Waals surface area contributed by atoms with Crippen LogP contribution in [-0.2, 0) is 4.79 Å². The number of aryl methyl sites for hydroxylation is 2. The summed E-state index contributed by atoms with van der Waals surface area (Å²) >= 11 is 6.92. The van der Waals surface area contributed by atoms with Crippen molar-refractivity contribution in [3.05, 3.63) is 90.8 Å². The Hall–Kier alpha value is -3.50. The second-order valence-electron chi connectivity index (χ2n) is 8.09. The number of aromatic nitrogens is 2. The predicted molar refractivity (Wildman–Crippen MR) is 152 cm³/mol.